The molecule has 6 nitrogen and oxygen atoms in total. The van der Waals surface area contributed by atoms with Crippen molar-refractivity contribution in [2.24, 2.45) is 15.9 Å². The lowest BCUT2D eigenvalue weighted by Gasteiger charge is -2.00. The van der Waals surface area contributed by atoms with E-state index in [0.717, 1.165) is 16.9 Å². The summed E-state index contributed by atoms with van der Waals surface area (Å²) >= 11 is 1.44. The Morgan fingerprint density at radius 3 is 2.68 bits per heavy atom. The van der Waals surface area contributed by atoms with Gasteiger partial charge in [0.1, 0.15) is 0 Å². The van der Waals surface area contributed by atoms with Gasteiger partial charge >= 0.3 is 0 Å². The molecule has 0 aliphatic carbocycles. The van der Waals surface area contributed by atoms with Crippen LogP contribution in [0.2, 0.25) is 0 Å². The molecule has 3 aromatic rings. The normalized spacial score (nSPS) is 12.0. The molecule has 0 unspecified atom stereocenters. The average molecular weight is 351 g/mol. The van der Waals surface area contributed by atoms with Crippen LogP contribution in [0.25, 0.3) is 11.5 Å². The molecule has 126 valence electrons. The first-order chi connectivity index (χ1) is 12.2. The summed E-state index contributed by atoms with van der Waals surface area (Å²) in [6.07, 6.45) is 1.63. The van der Waals surface area contributed by atoms with Crippen LogP contribution in [-0.2, 0) is 5.75 Å². The Labute approximate surface area is 149 Å². The molecule has 0 fully saturated rings. The largest absolute Gasteiger partial charge is 0.377 e. The number of aryl methyl sites for hydroxylation is 1. The Morgan fingerprint density at radius 1 is 1.16 bits per heavy atom. The highest BCUT2D eigenvalue weighted by molar-refractivity contribution is 8.13. The fourth-order valence-electron chi connectivity index (χ4n) is 2.12. The summed E-state index contributed by atoms with van der Waals surface area (Å²) in [5.41, 5.74) is 8.72. The van der Waals surface area contributed by atoms with E-state index in [0.29, 0.717) is 16.9 Å². The minimum atomic E-state index is 0.409. The van der Waals surface area contributed by atoms with Gasteiger partial charge in [-0.05, 0) is 18.6 Å². The third-order valence-electron chi connectivity index (χ3n) is 3.30. The van der Waals surface area contributed by atoms with Gasteiger partial charge in [0.2, 0.25) is 0 Å². The number of thioether (sulfide) groups is 1. The molecular formula is C18H17N5OS. The van der Waals surface area contributed by atoms with Crippen LogP contribution < -0.4 is 5.73 Å². The molecule has 0 aliphatic rings. The van der Waals surface area contributed by atoms with Gasteiger partial charge in [-0.2, -0.15) is 10.1 Å². The molecule has 1 aromatic heterocycles. The average Bonchev–Trinajstić information content (AvgIpc) is 3.07. The molecule has 25 heavy (non-hydrogen) atoms. The van der Waals surface area contributed by atoms with Crippen LogP contribution in [0.3, 0.4) is 0 Å². The Kier molecular flexibility index (Phi) is 5.58. The van der Waals surface area contributed by atoms with Crippen LogP contribution in [0.5, 0.6) is 0 Å². The molecular weight excluding hydrogens is 334 g/mol. The Balaban J connectivity index is 1.67. The van der Waals surface area contributed by atoms with Crippen molar-refractivity contribution in [1.29, 1.82) is 0 Å². The maximum absolute atomic E-state index is 5.90. The summed E-state index contributed by atoms with van der Waals surface area (Å²) in [5, 5.41) is 12.3. The zero-order chi connectivity index (χ0) is 17.5. The van der Waals surface area contributed by atoms with Gasteiger partial charge in [-0.25, -0.2) is 0 Å². The van der Waals surface area contributed by atoms with Crippen LogP contribution in [0.1, 0.15) is 17.0 Å². The van der Waals surface area contributed by atoms with Crippen molar-refractivity contribution in [2.45, 2.75) is 12.7 Å². The zero-order valence-corrected chi connectivity index (χ0v) is 14.5. The minimum Gasteiger partial charge on any atom is -0.377 e. The van der Waals surface area contributed by atoms with Crippen molar-refractivity contribution in [3.63, 3.8) is 0 Å². The first-order valence-corrected chi connectivity index (χ1v) is 8.64. The van der Waals surface area contributed by atoms with Gasteiger partial charge in [-0.3, -0.25) is 0 Å². The maximum atomic E-state index is 5.90. The summed E-state index contributed by atoms with van der Waals surface area (Å²) in [6.45, 7) is 1.78. The van der Waals surface area contributed by atoms with Gasteiger partial charge in [0.25, 0.3) is 5.89 Å². The molecule has 0 radical (unpaired) electrons. The molecule has 7 heteroatoms. The molecule has 0 bridgehead atoms. The lowest BCUT2D eigenvalue weighted by molar-refractivity contribution is 0.425. The smallest absolute Gasteiger partial charge is 0.258 e. The summed E-state index contributed by atoms with van der Waals surface area (Å²) < 4.78 is 5.22. The monoisotopic (exact) mass is 351 g/mol. The molecule has 0 amide bonds. The predicted molar refractivity (Wildman–Crippen MR) is 101 cm³/mol. The van der Waals surface area contributed by atoms with Crippen molar-refractivity contribution in [3.05, 3.63) is 71.5 Å². The van der Waals surface area contributed by atoms with Crippen molar-refractivity contribution >= 4 is 23.1 Å². The number of aromatic nitrogens is 2. The highest BCUT2D eigenvalue weighted by Crippen LogP contribution is 2.20. The number of benzene rings is 2. The summed E-state index contributed by atoms with van der Waals surface area (Å²) in [4.78, 5) is 4.24. The maximum Gasteiger partial charge on any atom is 0.258 e. The third-order valence-corrected chi connectivity index (χ3v) is 4.16. The van der Waals surface area contributed by atoms with Gasteiger partial charge in [0.15, 0.2) is 11.0 Å². The number of rotatable bonds is 5. The SMILES string of the molecule is Cc1noc(-c2ccccc2C=NN=C(N)SCc2ccccc2)n1. The molecule has 0 spiro atoms. The van der Waals surface area contributed by atoms with Crippen LogP contribution in [0, 0.1) is 6.92 Å². The Morgan fingerprint density at radius 2 is 1.92 bits per heavy atom. The van der Waals surface area contributed by atoms with Gasteiger partial charge in [-0.15, -0.1) is 5.10 Å². The number of hydrogen-bond donors (Lipinski definition) is 1. The quantitative estimate of drug-likeness (QED) is 0.431. The molecule has 0 aliphatic heterocycles. The lowest BCUT2D eigenvalue weighted by atomic mass is 10.1. The topological polar surface area (TPSA) is 89.7 Å². The van der Waals surface area contributed by atoms with E-state index in [4.69, 9.17) is 10.3 Å². The van der Waals surface area contributed by atoms with Gasteiger partial charge < -0.3 is 10.3 Å². The van der Waals surface area contributed by atoms with Crippen LogP contribution >= 0.6 is 11.8 Å². The molecule has 2 aromatic carbocycles. The molecule has 1 heterocycles. The van der Waals surface area contributed by atoms with Crippen LogP contribution in [-0.4, -0.2) is 21.5 Å². The van der Waals surface area contributed by atoms with Crippen molar-refractivity contribution in [3.8, 4) is 11.5 Å². The summed E-state index contributed by atoms with van der Waals surface area (Å²) in [6, 6.07) is 17.7. The van der Waals surface area contributed by atoms with Crippen molar-refractivity contribution < 1.29 is 4.52 Å². The summed E-state index contributed by atoms with van der Waals surface area (Å²) in [5.74, 6) is 1.79. The van der Waals surface area contributed by atoms with Crippen molar-refractivity contribution in [2.75, 3.05) is 0 Å². The molecule has 0 atom stereocenters. The van der Waals surface area contributed by atoms with E-state index in [1.54, 1.807) is 13.1 Å². The predicted octanol–water partition coefficient (Wildman–Crippen LogP) is 3.63. The first kappa shape index (κ1) is 16.9. The van der Waals surface area contributed by atoms with E-state index in [-0.39, 0.29) is 0 Å². The molecule has 0 saturated carbocycles. The second-order valence-electron chi connectivity index (χ2n) is 5.19. The van der Waals surface area contributed by atoms with Gasteiger partial charge in [0.05, 0.1) is 6.21 Å². The first-order valence-electron chi connectivity index (χ1n) is 7.65. The minimum absolute atomic E-state index is 0.409. The Bertz CT molecular complexity index is 889. The Hall–Kier alpha value is -2.93. The number of amidine groups is 1. The van der Waals surface area contributed by atoms with E-state index in [9.17, 15) is 0 Å². The molecule has 2 N–H and O–H groups in total. The fourth-order valence-corrected chi connectivity index (χ4v) is 2.73. The standard InChI is InChI=1S/C18H17N5OS/c1-13-21-17(24-23-13)16-10-6-5-9-15(16)11-20-22-18(19)25-12-14-7-3-2-4-8-14/h2-11H,12H2,1H3,(H2,19,22). The molecule has 0 saturated heterocycles. The van der Waals surface area contributed by atoms with Gasteiger partial charge in [-0.1, -0.05) is 65.4 Å². The number of hydrogen-bond acceptors (Lipinski definition) is 6. The zero-order valence-electron chi connectivity index (χ0n) is 13.7. The second kappa shape index (κ2) is 8.25. The van der Waals surface area contributed by atoms with Crippen LogP contribution in [0.4, 0.5) is 0 Å². The van der Waals surface area contributed by atoms with E-state index in [2.05, 4.69) is 20.3 Å². The highest BCUT2D eigenvalue weighted by Gasteiger charge is 2.09. The summed E-state index contributed by atoms with van der Waals surface area (Å²) in [7, 11) is 0. The fraction of sp³-hybridized carbons (Fsp3) is 0.111. The van der Waals surface area contributed by atoms with E-state index in [1.807, 2.05) is 54.6 Å². The third kappa shape index (κ3) is 4.77. The van der Waals surface area contributed by atoms with Gasteiger partial charge in [0, 0.05) is 16.9 Å². The number of nitrogens with two attached hydrogens (primary N) is 1. The van der Waals surface area contributed by atoms with E-state index >= 15 is 0 Å². The van der Waals surface area contributed by atoms with E-state index in [1.165, 1.54) is 17.3 Å². The van der Waals surface area contributed by atoms with Crippen molar-refractivity contribution in [1.82, 2.24) is 10.1 Å². The second-order valence-corrected chi connectivity index (χ2v) is 6.19. The molecule has 3 rings (SSSR count). The van der Waals surface area contributed by atoms with E-state index < -0.39 is 0 Å². The lowest BCUT2D eigenvalue weighted by Crippen LogP contribution is -2.06. The number of nitrogens with zero attached hydrogens (tertiary/aromatic N) is 4. The highest BCUT2D eigenvalue weighted by atomic mass is 32.2. The van der Waals surface area contributed by atoms with Crippen LogP contribution in [0.15, 0.2) is 69.3 Å².